The molecule has 0 amide bonds. The van der Waals surface area contributed by atoms with Gasteiger partial charge in [0.05, 0.1) is 5.75 Å². The van der Waals surface area contributed by atoms with Gasteiger partial charge in [-0.25, -0.2) is 0 Å². The van der Waals surface area contributed by atoms with E-state index in [1.807, 2.05) is 19.1 Å². The highest BCUT2D eigenvalue weighted by atomic mass is 32.2. The zero-order valence-electron chi connectivity index (χ0n) is 15.3. The molecule has 0 aliphatic carbocycles. The first kappa shape index (κ1) is 17.7. The van der Waals surface area contributed by atoms with Crippen LogP contribution in [0.3, 0.4) is 0 Å². The quantitative estimate of drug-likeness (QED) is 0.636. The highest BCUT2D eigenvalue weighted by Crippen LogP contribution is 2.27. The summed E-state index contributed by atoms with van der Waals surface area (Å²) in [7, 11) is 0. The Kier molecular flexibility index (Phi) is 4.94. The van der Waals surface area contributed by atoms with Gasteiger partial charge in [0.15, 0.2) is 5.16 Å². The first-order chi connectivity index (χ1) is 11.9. The lowest BCUT2D eigenvalue weighted by molar-refractivity contribution is 0.527. The molecule has 2 aromatic heterocycles. The van der Waals surface area contributed by atoms with Crippen molar-refractivity contribution in [3.8, 4) is 11.5 Å². The lowest BCUT2D eigenvalue weighted by Crippen LogP contribution is -2.10. The minimum atomic E-state index is 0.128. The van der Waals surface area contributed by atoms with Crippen molar-refractivity contribution in [2.75, 3.05) is 0 Å². The van der Waals surface area contributed by atoms with Gasteiger partial charge in [-0.15, -0.1) is 20.4 Å². The largest absolute Gasteiger partial charge is 0.420 e. The van der Waals surface area contributed by atoms with Gasteiger partial charge >= 0.3 is 0 Å². The van der Waals surface area contributed by atoms with Crippen LogP contribution in [-0.4, -0.2) is 25.0 Å². The van der Waals surface area contributed by atoms with E-state index in [1.54, 1.807) is 11.8 Å². The number of thioether (sulfide) groups is 1. The molecule has 0 bridgehead atoms. The van der Waals surface area contributed by atoms with Crippen LogP contribution in [0, 0.1) is 6.92 Å². The third kappa shape index (κ3) is 3.92. The van der Waals surface area contributed by atoms with Gasteiger partial charge in [0.1, 0.15) is 5.82 Å². The molecule has 1 aromatic carbocycles. The average Bonchev–Trinajstić information content (AvgIpc) is 3.18. The lowest BCUT2D eigenvalue weighted by Gasteiger charge is -2.18. The third-order valence-corrected chi connectivity index (χ3v) is 4.96. The van der Waals surface area contributed by atoms with Crippen molar-refractivity contribution < 1.29 is 4.42 Å². The minimum absolute atomic E-state index is 0.128. The zero-order chi connectivity index (χ0) is 18.0. The summed E-state index contributed by atoms with van der Waals surface area (Å²) in [4.78, 5) is 0. The molecule has 7 heteroatoms. The van der Waals surface area contributed by atoms with Gasteiger partial charge in [-0.3, -0.25) is 0 Å². The number of hydrogen-bond donors (Lipinski definition) is 0. The summed E-state index contributed by atoms with van der Waals surface area (Å²) in [5, 5.41) is 17.5. The first-order valence-electron chi connectivity index (χ1n) is 8.34. The van der Waals surface area contributed by atoms with E-state index in [0.717, 1.165) is 23.1 Å². The molecule has 0 saturated heterocycles. The number of aromatic nitrogens is 5. The highest BCUT2D eigenvalue weighted by molar-refractivity contribution is 7.98. The van der Waals surface area contributed by atoms with Crippen LogP contribution in [0.5, 0.6) is 0 Å². The summed E-state index contributed by atoms with van der Waals surface area (Å²) < 4.78 is 7.86. The van der Waals surface area contributed by atoms with Crippen LogP contribution in [0.15, 0.2) is 33.8 Å². The summed E-state index contributed by atoms with van der Waals surface area (Å²) in [6.45, 7) is 11.5. The van der Waals surface area contributed by atoms with E-state index in [4.69, 9.17) is 4.42 Å². The van der Waals surface area contributed by atoms with Crippen LogP contribution in [0.25, 0.3) is 11.5 Å². The molecule has 0 fully saturated rings. The fourth-order valence-corrected chi connectivity index (χ4v) is 3.38. The van der Waals surface area contributed by atoms with E-state index >= 15 is 0 Å². The number of benzene rings is 1. The van der Waals surface area contributed by atoms with Gasteiger partial charge in [-0.1, -0.05) is 44.7 Å². The predicted octanol–water partition coefficient (Wildman–Crippen LogP) is 4.25. The van der Waals surface area contributed by atoms with Crippen molar-refractivity contribution in [2.45, 2.75) is 57.5 Å². The molecule has 0 atom stereocenters. The van der Waals surface area contributed by atoms with E-state index in [9.17, 15) is 0 Å². The highest BCUT2D eigenvalue weighted by Gasteiger charge is 2.15. The molecule has 2 heterocycles. The molecular formula is C18H23N5OS. The molecule has 0 aliphatic rings. The predicted molar refractivity (Wildman–Crippen MR) is 98.4 cm³/mol. The Morgan fingerprint density at radius 3 is 2.40 bits per heavy atom. The average molecular weight is 357 g/mol. The van der Waals surface area contributed by atoms with Gasteiger partial charge in [-0.05, 0) is 37.0 Å². The SMILES string of the molecule is CCn1c(C)nnc1SCc1nnc(-c2ccc(C(C)(C)C)cc2)o1. The molecule has 25 heavy (non-hydrogen) atoms. The monoisotopic (exact) mass is 357 g/mol. The molecular weight excluding hydrogens is 334 g/mol. The van der Waals surface area contributed by atoms with Gasteiger partial charge < -0.3 is 8.98 Å². The third-order valence-electron chi connectivity index (χ3n) is 4.01. The van der Waals surface area contributed by atoms with Gasteiger partial charge in [0.2, 0.25) is 11.8 Å². The smallest absolute Gasteiger partial charge is 0.247 e. The second-order valence-corrected chi connectivity index (χ2v) is 7.83. The normalized spacial score (nSPS) is 11.9. The zero-order valence-corrected chi connectivity index (χ0v) is 16.1. The van der Waals surface area contributed by atoms with Crippen LogP contribution in [-0.2, 0) is 17.7 Å². The van der Waals surface area contributed by atoms with Gasteiger partial charge in [-0.2, -0.15) is 0 Å². The fraction of sp³-hybridized carbons (Fsp3) is 0.444. The summed E-state index contributed by atoms with van der Waals surface area (Å²) in [6.07, 6.45) is 0. The molecule has 0 saturated carbocycles. The van der Waals surface area contributed by atoms with Crippen molar-refractivity contribution in [1.29, 1.82) is 0 Å². The maximum Gasteiger partial charge on any atom is 0.247 e. The van der Waals surface area contributed by atoms with Crippen molar-refractivity contribution in [3.63, 3.8) is 0 Å². The maximum absolute atomic E-state index is 5.80. The van der Waals surface area contributed by atoms with Gasteiger partial charge in [0, 0.05) is 12.1 Å². The van der Waals surface area contributed by atoms with E-state index in [-0.39, 0.29) is 5.41 Å². The van der Waals surface area contributed by atoms with E-state index in [2.05, 4.69) is 64.8 Å². The van der Waals surface area contributed by atoms with Crippen LogP contribution in [0.4, 0.5) is 0 Å². The van der Waals surface area contributed by atoms with Crippen LogP contribution >= 0.6 is 11.8 Å². The first-order valence-corrected chi connectivity index (χ1v) is 9.33. The molecule has 3 aromatic rings. The molecule has 132 valence electrons. The molecule has 0 radical (unpaired) electrons. The standard InChI is InChI=1S/C18H23N5OS/c1-6-23-12(2)19-22-17(23)25-11-15-20-21-16(24-15)13-7-9-14(10-8-13)18(3,4)5/h7-10H,6,11H2,1-5H3. The van der Waals surface area contributed by atoms with Crippen LogP contribution < -0.4 is 0 Å². The van der Waals surface area contributed by atoms with Crippen LogP contribution in [0.1, 0.15) is 45.0 Å². The summed E-state index contributed by atoms with van der Waals surface area (Å²) in [5.41, 5.74) is 2.34. The lowest BCUT2D eigenvalue weighted by atomic mass is 9.87. The second-order valence-electron chi connectivity index (χ2n) is 6.89. The molecule has 3 rings (SSSR count). The molecule has 6 nitrogen and oxygen atoms in total. The Labute approximate surface area is 152 Å². The second kappa shape index (κ2) is 7.00. The number of hydrogen-bond acceptors (Lipinski definition) is 6. The molecule has 0 aliphatic heterocycles. The fourth-order valence-electron chi connectivity index (χ4n) is 2.50. The summed E-state index contributed by atoms with van der Waals surface area (Å²) in [6, 6.07) is 8.28. The Bertz CT molecular complexity index is 845. The number of aryl methyl sites for hydroxylation is 1. The van der Waals surface area contributed by atoms with Crippen molar-refractivity contribution in [3.05, 3.63) is 41.5 Å². The van der Waals surface area contributed by atoms with E-state index in [0.29, 0.717) is 17.5 Å². The topological polar surface area (TPSA) is 69.6 Å². The molecule has 0 unspecified atom stereocenters. The van der Waals surface area contributed by atoms with Crippen LogP contribution in [0.2, 0.25) is 0 Å². The maximum atomic E-state index is 5.80. The summed E-state index contributed by atoms with van der Waals surface area (Å²) in [5.74, 6) is 2.62. The van der Waals surface area contributed by atoms with Crippen molar-refractivity contribution >= 4 is 11.8 Å². The minimum Gasteiger partial charge on any atom is -0.420 e. The Hall–Kier alpha value is -2.15. The Morgan fingerprint density at radius 2 is 1.76 bits per heavy atom. The Morgan fingerprint density at radius 1 is 1.04 bits per heavy atom. The molecule has 0 spiro atoms. The van der Waals surface area contributed by atoms with Crippen molar-refractivity contribution in [1.82, 2.24) is 25.0 Å². The summed E-state index contributed by atoms with van der Waals surface area (Å²) >= 11 is 1.55. The van der Waals surface area contributed by atoms with Crippen molar-refractivity contribution in [2.24, 2.45) is 0 Å². The van der Waals surface area contributed by atoms with E-state index < -0.39 is 0 Å². The van der Waals surface area contributed by atoms with Gasteiger partial charge in [0.25, 0.3) is 0 Å². The Balaban J connectivity index is 1.70. The number of rotatable bonds is 5. The molecule has 0 N–H and O–H groups in total. The number of nitrogens with zero attached hydrogens (tertiary/aromatic N) is 5. The van der Waals surface area contributed by atoms with E-state index in [1.165, 1.54) is 5.56 Å².